The van der Waals surface area contributed by atoms with Crippen molar-refractivity contribution in [3.63, 3.8) is 0 Å². The number of halogens is 1. The van der Waals surface area contributed by atoms with Crippen molar-refractivity contribution in [2.24, 2.45) is 0 Å². The Bertz CT molecular complexity index is 258. The van der Waals surface area contributed by atoms with E-state index in [0.717, 1.165) is 29.2 Å². The molecule has 0 saturated carbocycles. The molecule has 0 aliphatic carbocycles. The zero-order chi connectivity index (χ0) is 8.97. The lowest BCUT2D eigenvalue weighted by Gasteiger charge is -2.08. The van der Waals surface area contributed by atoms with Crippen LogP contribution >= 0.6 is 11.6 Å². The van der Waals surface area contributed by atoms with Crippen molar-refractivity contribution in [2.75, 3.05) is 11.9 Å². The van der Waals surface area contributed by atoms with Gasteiger partial charge in [-0.3, -0.25) is 0 Å². The van der Waals surface area contributed by atoms with Gasteiger partial charge in [0.1, 0.15) is 0 Å². The summed E-state index contributed by atoms with van der Waals surface area (Å²) in [4.78, 5) is 0. The van der Waals surface area contributed by atoms with Crippen LogP contribution in [0.25, 0.3) is 0 Å². The van der Waals surface area contributed by atoms with E-state index in [1.807, 2.05) is 25.1 Å². The molecule has 0 atom stereocenters. The summed E-state index contributed by atoms with van der Waals surface area (Å²) >= 11 is 6.07. The summed E-state index contributed by atoms with van der Waals surface area (Å²) in [6.07, 6.45) is 1.12. The average Bonchev–Trinajstić information content (AvgIpc) is 2.08. The van der Waals surface area contributed by atoms with Crippen LogP contribution < -0.4 is 5.32 Å². The second-order valence-electron chi connectivity index (χ2n) is 2.86. The van der Waals surface area contributed by atoms with E-state index in [-0.39, 0.29) is 0 Å². The number of hydrogen-bond donors (Lipinski definition) is 1. The van der Waals surface area contributed by atoms with Gasteiger partial charge in [-0.15, -0.1) is 0 Å². The topological polar surface area (TPSA) is 12.0 Å². The van der Waals surface area contributed by atoms with Gasteiger partial charge in [0.15, 0.2) is 0 Å². The Balaban J connectivity index is 2.78. The van der Waals surface area contributed by atoms with Crippen molar-refractivity contribution < 1.29 is 0 Å². The Kier molecular flexibility index (Phi) is 3.42. The van der Waals surface area contributed by atoms with E-state index in [4.69, 9.17) is 11.6 Å². The van der Waals surface area contributed by atoms with Crippen LogP contribution in [-0.4, -0.2) is 6.54 Å². The standard InChI is InChI=1S/C10H14ClN/c1-3-7-12-9-6-4-5-8(2)10(9)11/h4-6,12H,3,7H2,1-2H3. The van der Waals surface area contributed by atoms with Crippen LogP contribution in [-0.2, 0) is 0 Å². The summed E-state index contributed by atoms with van der Waals surface area (Å²) < 4.78 is 0. The van der Waals surface area contributed by atoms with Crippen LogP contribution in [0.5, 0.6) is 0 Å². The Labute approximate surface area is 78.7 Å². The molecule has 0 aliphatic rings. The van der Waals surface area contributed by atoms with E-state index in [1.54, 1.807) is 0 Å². The first-order valence-electron chi connectivity index (χ1n) is 4.24. The van der Waals surface area contributed by atoms with Gasteiger partial charge in [-0.2, -0.15) is 0 Å². The first kappa shape index (κ1) is 9.40. The van der Waals surface area contributed by atoms with E-state index in [0.29, 0.717) is 0 Å². The van der Waals surface area contributed by atoms with Crippen molar-refractivity contribution in [3.05, 3.63) is 28.8 Å². The molecule has 1 N–H and O–H groups in total. The Morgan fingerprint density at radius 3 is 2.83 bits per heavy atom. The molecule has 0 spiro atoms. The number of aryl methyl sites for hydroxylation is 1. The van der Waals surface area contributed by atoms with Crippen molar-refractivity contribution in [2.45, 2.75) is 20.3 Å². The SMILES string of the molecule is CCCNc1cccc(C)c1Cl. The number of nitrogens with one attached hydrogen (secondary N) is 1. The van der Waals surface area contributed by atoms with Gasteiger partial charge >= 0.3 is 0 Å². The summed E-state index contributed by atoms with van der Waals surface area (Å²) in [5.74, 6) is 0. The van der Waals surface area contributed by atoms with Crippen molar-refractivity contribution in [1.82, 2.24) is 0 Å². The molecular weight excluding hydrogens is 170 g/mol. The van der Waals surface area contributed by atoms with E-state index < -0.39 is 0 Å². The highest BCUT2D eigenvalue weighted by Gasteiger charge is 1.99. The fourth-order valence-electron chi connectivity index (χ4n) is 1.04. The molecule has 0 unspecified atom stereocenters. The lowest BCUT2D eigenvalue weighted by Crippen LogP contribution is -2.00. The molecular formula is C10H14ClN. The second kappa shape index (κ2) is 4.36. The van der Waals surface area contributed by atoms with E-state index in [9.17, 15) is 0 Å². The molecule has 0 amide bonds. The normalized spacial score (nSPS) is 9.92. The van der Waals surface area contributed by atoms with Crippen molar-refractivity contribution >= 4 is 17.3 Å². The second-order valence-corrected chi connectivity index (χ2v) is 3.24. The number of hydrogen-bond acceptors (Lipinski definition) is 1. The van der Waals surface area contributed by atoms with Crippen molar-refractivity contribution in [3.8, 4) is 0 Å². The lowest BCUT2D eigenvalue weighted by molar-refractivity contribution is 0.979. The van der Waals surface area contributed by atoms with Crippen LogP contribution in [0, 0.1) is 6.92 Å². The molecule has 1 rings (SSSR count). The Morgan fingerprint density at radius 1 is 1.42 bits per heavy atom. The molecule has 0 aromatic heterocycles. The van der Waals surface area contributed by atoms with Gasteiger partial charge in [-0.25, -0.2) is 0 Å². The molecule has 1 aromatic rings. The maximum atomic E-state index is 6.07. The minimum Gasteiger partial charge on any atom is -0.384 e. The van der Waals surface area contributed by atoms with Gasteiger partial charge < -0.3 is 5.32 Å². The third kappa shape index (κ3) is 2.15. The predicted molar refractivity (Wildman–Crippen MR) is 55.0 cm³/mol. The lowest BCUT2D eigenvalue weighted by atomic mass is 10.2. The molecule has 0 radical (unpaired) electrons. The van der Waals surface area contributed by atoms with Gasteiger partial charge in [-0.05, 0) is 25.0 Å². The van der Waals surface area contributed by atoms with Gasteiger partial charge in [0, 0.05) is 6.54 Å². The Hall–Kier alpha value is -0.690. The third-order valence-corrected chi connectivity index (χ3v) is 2.26. The van der Waals surface area contributed by atoms with Gasteiger partial charge in [0.2, 0.25) is 0 Å². The van der Waals surface area contributed by atoms with E-state index in [1.165, 1.54) is 0 Å². The fraction of sp³-hybridized carbons (Fsp3) is 0.400. The third-order valence-electron chi connectivity index (χ3n) is 1.76. The Morgan fingerprint density at radius 2 is 2.17 bits per heavy atom. The minimum absolute atomic E-state index is 0.839. The average molecular weight is 184 g/mol. The van der Waals surface area contributed by atoms with E-state index in [2.05, 4.69) is 12.2 Å². The summed E-state index contributed by atoms with van der Waals surface area (Å²) in [5.41, 5.74) is 2.16. The fourth-order valence-corrected chi connectivity index (χ4v) is 1.24. The molecule has 0 aliphatic heterocycles. The number of anilines is 1. The molecule has 0 heterocycles. The minimum atomic E-state index is 0.839. The zero-order valence-electron chi connectivity index (χ0n) is 7.52. The predicted octanol–water partition coefficient (Wildman–Crippen LogP) is 3.47. The van der Waals surface area contributed by atoms with Crippen LogP contribution in [0.4, 0.5) is 5.69 Å². The summed E-state index contributed by atoms with van der Waals surface area (Å²) in [6.45, 7) is 5.12. The first-order chi connectivity index (χ1) is 5.75. The van der Waals surface area contributed by atoms with Gasteiger partial charge in [0.25, 0.3) is 0 Å². The molecule has 1 aromatic carbocycles. The van der Waals surface area contributed by atoms with E-state index >= 15 is 0 Å². The van der Waals surface area contributed by atoms with Crippen LogP contribution in [0.2, 0.25) is 5.02 Å². The smallest absolute Gasteiger partial charge is 0.0666 e. The molecule has 0 fully saturated rings. The van der Waals surface area contributed by atoms with Crippen LogP contribution in [0.3, 0.4) is 0 Å². The number of rotatable bonds is 3. The highest BCUT2D eigenvalue weighted by atomic mass is 35.5. The molecule has 12 heavy (non-hydrogen) atoms. The van der Waals surface area contributed by atoms with Crippen LogP contribution in [0.1, 0.15) is 18.9 Å². The quantitative estimate of drug-likeness (QED) is 0.757. The zero-order valence-corrected chi connectivity index (χ0v) is 8.28. The first-order valence-corrected chi connectivity index (χ1v) is 4.62. The molecule has 0 bridgehead atoms. The van der Waals surface area contributed by atoms with Gasteiger partial charge in [0.05, 0.1) is 10.7 Å². The highest BCUT2D eigenvalue weighted by Crippen LogP contribution is 2.24. The number of benzene rings is 1. The highest BCUT2D eigenvalue weighted by molar-refractivity contribution is 6.33. The van der Waals surface area contributed by atoms with Crippen molar-refractivity contribution in [1.29, 1.82) is 0 Å². The summed E-state index contributed by atoms with van der Waals surface area (Å²) in [6, 6.07) is 6.03. The molecule has 0 saturated heterocycles. The largest absolute Gasteiger partial charge is 0.384 e. The summed E-state index contributed by atoms with van der Waals surface area (Å²) in [7, 11) is 0. The molecule has 66 valence electrons. The monoisotopic (exact) mass is 183 g/mol. The van der Waals surface area contributed by atoms with Crippen LogP contribution in [0.15, 0.2) is 18.2 Å². The molecule has 2 heteroatoms. The maximum absolute atomic E-state index is 6.07. The maximum Gasteiger partial charge on any atom is 0.0666 e. The molecule has 1 nitrogen and oxygen atoms in total. The summed E-state index contributed by atoms with van der Waals surface area (Å²) in [5, 5.41) is 4.11. The van der Waals surface area contributed by atoms with Gasteiger partial charge in [-0.1, -0.05) is 30.7 Å².